The van der Waals surface area contributed by atoms with Crippen LogP contribution in [0.25, 0.3) is 0 Å². The highest BCUT2D eigenvalue weighted by Crippen LogP contribution is 2.25. The quantitative estimate of drug-likeness (QED) is 0.752. The van der Waals surface area contributed by atoms with Crippen molar-refractivity contribution in [3.05, 3.63) is 53.0 Å². The monoisotopic (exact) mass is 418 g/mol. The molecule has 9 heteroatoms. The van der Waals surface area contributed by atoms with Crippen molar-refractivity contribution >= 4 is 43.0 Å². The number of hydrogen-bond donors (Lipinski definition) is 2. The van der Waals surface area contributed by atoms with Gasteiger partial charge in [-0.3, -0.25) is 4.79 Å². The number of halogens is 3. The molecule has 0 heterocycles. The predicted octanol–water partition coefficient (Wildman–Crippen LogP) is 3.50. The summed E-state index contributed by atoms with van der Waals surface area (Å²) in [5, 5.41) is 5.17. The summed E-state index contributed by atoms with van der Waals surface area (Å²) in [5.41, 5.74) is 0.502. The van der Waals surface area contributed by atoms with Gasteiger partial charge in [0, 0.05) is 10.2 Å². The lowest BCUT2D eigenvalue weighted by Crippen LogP contribution is -2.23. The molecule has 1 amide bonds. The van der Waals surface area contributed by atoms with Crippen LogP contribution in [0.2, 0.25) is 0 Å². The van der Waals surface area contributed by atoms with Crippen LogP contribution < -0.4 is 10.6 Å². The van der Waals surface area contributed by atoms with Gasteiger partial charge in [0.2, 0.25) is 15.7 Å². The summed E-state index contributed by atoms with van der Waals surface area (Å²) in [6.45, 7) is -0.272. The SMILES string of the molecule is O=C(CNc1ccccc1S(=O)(=O)C(F)F)Nc1ccc(Br)cc1. The van der Waals surface area contributed by atoms with E-state index in [1.807, 2.05) is 0 Å². The van der Waals surface area contributed by atoms with E-state index >= 15 is 0 Å². The predicted molar refractivity (Wildman–Crippen MR) is 90.9 cm³/mol. The van der Waals surface area contributed by atoms with Gasteiger partial charge in [-0.1, -0.05) is 28.1 Å². The maximum Gasteiger partial charge on any atom is 0.341 e. The minimum Gasteiger partial charge on any atom is -0.375 e. The van der Waals surface area contributed by atoms with Gasteiger partial charge < -0.3 is 10.6 Å². The highest BCUT2D eigenvalue weighted by atomic mass is 79.9. The average Bonchev–Trinajstić information content (AvgIpc) is 2.55. The first-order chi connectivity index (χ1) is 11.3. The third-order valence-corrected chi connectivity index (χ3v) is 4.96. The summed E-state index contributed by atoms with van der Waals surface area (Å²) in [7, 11) is -4.75. The van der Waals surface area contributed by atoms with Gasteiger partial charge in [0.25, 0.3) is 0 Å². The summed E-state index contributed by atoms with van der Waals surface area (Å²) >= 11 is 3.27. The van der Waals surface area contributed by atoms with E-state index in [1.165, 1.54) is 18.2 Å². The normalized spacial score (nSPS) is 11.3. The smallest absolute Gasteiger partial charge is 0.341 e. The molecule has 0 atom stereocenters. The van der Waals surface area contributed by atoms with Crippen LogP contribution in [0.1, 0.15) is 0 Å². The van der Waals surface area contributed by atoms with Crippen LogP contribution in [0.4, 0.5) is 20.2 Å². The van der Waals surface area contributed by atoms with Crippen molar-refractivity contribution < 1.29 is 22.0 Å². The van der Waals surface area contributed by atoms with Crippen molar-refractivity contribution in [3.8, 4) is 0 Å². The van der Waals surface area contributed by atoms with E-state index in [9.17, 15) is 22.0 Å². The number of carbonyl (C=O) groups is 1. The maximum atomic E-state index is 12.7. The van der Waals surface area contributed by atoms with Crippen LogP contribution in [0.3, 0.4) is 0 Å². The first-order valence-electron chi connectivity index (χ1n) is 6.71. The van der Waals surface area contributed by atoms with Gasteiger partial charge in [0.15, 0.2) is 0 Å². The molecule has 0 aromatic heterocycles. The van der Waals surface area contributed by atoms with E-state index in [1.54, 1.807) is 24.3 Å². The van der Waals surface area contributed by atoms with E-state index in [-0.39, 0.29) is 12.2 Å². The zero-order chi connectivity index (χ0) is 17.7. The fourth-order valence-electron chi connectivity index (χ4n) is 1.87. The Morgan fingerprint density at radius 3 is 2.33 bits per heavy atom. The molecule has 2 rings (SSSR count). The molecule has 128 valence electrons. The fraction of sp³-hybridized carbons (Fsp3) is 0.133. The lowest BCUT2D eigenvalue weighted by atomic mass is 10.3. The van der Waals surface area contributed by atoms with Crippen molar-refractivity contribution in [2.75, 3.05) is 17.2 Å². The fourth-order valence-corrected chi connectivity index (χ4v) is 3.04. The molecule has 5 nitrogen and oxygen atoms in total. The number of carbonyl (C=O) groups excluding carboxylic acids is 1. The topological polar surface area (TPSA) is 75.3 Å². The van der Waals surface area contributed by atoms with Crippen LogP contribution in [0, 0.1) is 0 Å². The minimum absolute atomic E-state index is 0.0521. The summed E-state index contributed by atoms with van der Waals surface area (Å²) in [6, 6.07) is 12.1. The molecule has 0 radical (unpaired) electrons. The molecule has 0 bridgehead atoms. The molecule has 0 saturated heterocycles. The minimum atomic E-state index is -4.75. The van der Waals surface area contributed by atoms with Crippen molar-refractivity contribution in [1.82, 2.24) is 0 Å². The number of benzene rings is 2. The number of para-hydroxylation sites is 1. The molecule has 2 N–H and O–H groups in total. The molecule has 0 aliphatic carbocycles. The van der Waals surface area contributed by atoms with Gasteiger partial charge in [0.05, 0.1) is 17.1 Å². The van der Waals surface area contributed by atoms with Crippen LogP contribution in [-0.2, 0) is 14.6 Å². The van der Waals surface area contributed by atoms with Crippen LogP contribution >= 0.6 is 15.9 Å². The second-order valence-corrected chi connectivity index (χ2v) is 7.51. The molecular weight excluding hydrogens is 406 g/mol. The summed E-state index contributed by atoms with van der Waals surface area (Å²) < 4.78 is 49.5. The lowest BCUT2D eigenvalue weighted by molar-refractivity contribution is -0.114. The Bertz CT molecular complexity index is 827. The number of rotatable bonds is 6. The van der Waals surface area contributed by atoms with Gasteiger partial charge in [-0.25, -0.2) is 8.42 Å². The van der Waals surface area contributed by atoms with E-state index in [4.69, 9.17) is 0 Å². The maximum absolute atomic E-state index is 12.7. The molecular formula is C15H13BrF2N2O3S. The van der Waals surface area contributed by atoms with Crippen molar-refractivity contribution in [1.29, 1.82) is 0 Å². The Hall–Kier alpha value is -2.00. The Balaban J connectivity index is 2.07. The molecule has 0 spiro atoms. The van der Waals surface area contributed by atoms with Crippen molar-refractivity contribution in [2.45, 2.75) is 10.7 Å². The largest absolute Gasteiger partial charge is 0.375 e. The van der Waals surface area contributed by atoms with E-state index < -0.39 is 26.4 Å². The number of nitrogens with one attached hydrogen (secondary N) is 2. The van der Waals surface area contributed by atoms with E-state index in [0.717, 1.165) is 10.5 Å². The van der Waals surface area contributed by atoms with Crippen molar-refractivity contribution in [2.24, 2.45) is 0 Å². The molecule has 0 aliphatic rings. The molecule has 0 unspecified atom stereocenters. The number of hydrogen-bond acceptors (Lipinski definition) is 4. The first-order valence-corrected chi connectivity index (χ1v) is 9.05. The molecule has 2 aromatic rings. The third kappa shape index (κ3) is 4.51. The standard InChI is InChI=1S/C15H13BrF2N2O3S/c16-10-5-7-11(8-6-10)20-14(21)9-19-12-3-1-2-4-13(12)24(22,23)15(17)18/h1-8,15,19H,9H2,(H,20,21). The Morgan fingerprint density at radius 2 is 1.71 bits per heavy atom. The van der Waals surface area contributed by atoms with Gasteiger partial charge in [-0.2, -0.15) is 8.78 Å². The number of sulfone groups is 1. The summed E-state index contributed by atoms with van der Waals surface area (Å²) in [5.74, 6) is -3.97. The number of amides is 1. The highest BCUT2D eigenvalue weighted by Gasteiger charge is 2.29. The van der Waals surface area contributed by atoms with Crippen LogP contribution in [-0.4, -0.2) is 26.6 Å². The van der Waals surface area contributed by atoms with Gasteiger partial charge >= 0.3 is 5.76 Å². The molecule has 0 aliphatic heterocycles. The van der Waals surface area contributed by atoms with Crippen LogP contribution in [0.5, 0.6) is 0 Å². The van der Waals surface area contributed by atoms with Gasteiger partial charge in [0.1, 0.15) is 0 Å². The third-order valence-electron chi connectivity index (χ3n) is 3.00. The average molecular weight is 419 g/mol. The molecule has 0 fully saturated rings. The zero-order valence-electron chi connectivity index (χ0n) is 12.2. The van der Waals surface area contributed by atoms with E-state index in [0.29, 0.717) is 5.69 Å². The van der Waals surface area contributed by atoms with Gasteiger partial charge in [-0.05, 0) is 36.4 Å². The Kier molecular flexibility index (Phi) is 5.89. The molecule has 2 aromatic carbocycles. The van der Waals surface area contributed by atoms with E-state index in [2.05, 4.69) is 26.6 Å². The second kappa shape index (κ2) is 7.71. The molecule has 0 saturated carbocycles. The lowest BCUT2D eigenvalue weighted by Gasteiger charge is -2.12. The molecule has 24 heavy (non-hydrogen) atoms. The Morgan fingerprint density at radius 1 is 1.08 bits per heavy atom. The summed E-state index contributed by atoms with van der Waals surface area (Å²) in [6.07, 6.45) is 0. The van der Waals surface area contributed by atoms with Crippen molar-refractivity contribution in [3.63, 3.8) is 0 Å². The van der Waals surface area contributed by atoms with Gasteiger partial charge in [-0.15, -0.1) is 0 Å². The zero-order valence-corrected chi connectivity index (χ0v) is 14.6. The second-order valence-electron chi connectivity index (χ2n) is 4.71. The number of anilines is 2. The number of alkyl halides is 2. The van der Waals surface area contributed by atoms with Crippen LogP contribution in [0.15, 0.2) is 57.9 Å². The summed E-state index contributed by atoms with van der Waals surface area (Å²) in [4.78, 5) is 11.3. The highest BCUT2D eigenvalue weighted by molar-refractivity contribution is 9.10. The Labute approximate surface area is 146 Å². The first kappa shape index (κ1) is 18.3.